The van der Waals surface area contributed by atoms with Crippen LogP contribution in [-0.4, -0.2) is 21.0 Å². The van der Waals surface area contributed by atoms with Crippen LogP contribution in [-0.2, 0) is 4.79 Å². The van der Waals surface area contributed by atoms with E-state index in [0.29, 0.717) is 5.82 Å². The highest BCUT2D eigenvalue weighted by atomic mass is 16.1. The van der Waals surface area contributed by atoms with Gasteiger partial charge in [0, 0.05) is 0 Å². The zero-order valence-electron chi connectivity index (χ0n) is 6.88. The van der Waals surface area contributed by atoms with Gasteiger partial charge in [0.15, 0.2) is 0 Å². The Hall–Kier alpha value is -1.19. The summed E-state index contributed by atoms with van der Waals surface area (Å²) >= 11 is 0. The zero-order valence-corrected chi connectivity index (χ0v) is 6.88. The summed E-state index contributed by atoms with van der Waals surface area (Å²) in [5, 5.41) is 7.57. The minimum Gasteiger partial charge on any atom is -0.329 e. The van der Waals surface area contributed by atoms with E-state index in [1.807, 2.05) is 13.8 Å². The van der Waals surface area contributed by atoms with Gasteiger partial charge in [0.1, 0.15) is 17.4 Å². The Bertz CT molecular complexity index is 266. The van der Waals surface area contributed by atoms with E-state index in [1.54, 1.807) is 6.92 Å². The molecule has 1 aromatic rings. The number of ketones is 1. The average Bonchev–Trinajstić information content (AvgIpc) is 2.34. The summed E-state index contributed by atoms with van der Waals surface area (Å²) < 4.78 is 0. The van der Waals surface area contributed by atoms with E-state index in [-0.39, 0.29) is 11.7 Å². The number of nitrogens with zero attached hydrogens (tertiary/aromatic N) is 2. The van der Waals surface area contributed by atoms with E-state index in [0.717, 1.165) is 5.82 Å². The molecule has 60 valence electrons. The largest absolute Gasteiger partial charge is 0.329 e. The van der Waals surface area contributed by atoms with Crippen LogP contribution in [0.4, 0.5) is 0 Å². The summed E-state index contributed by atoms with van der Waals surface area (Å²) in [6, 6.07) is 0. The molecular formula is C7H11N3O. The van der Waals surface area contributed by atoms with E-state index >= 15 is 0 Å². The Morgan fingerprint density at radius 2 is 2.18 bits per heavy atom. The predicted octanol–water partition coefficient (Wildman–Crippen LogP) is 0.806. The van der Waals surface area contributed by atoms with Gasteiger partial charge in [-0.1, -0.05) is 0 Å². The number of H-pyrrole nitrogens is 1. The van der Waals surface area contributed by atoms with Crippen molar-refractivity contribution in [1.29, 1.82) is 0 Å². The fourth-order valence-electron chi connectivity index (χ4n) is 0.752. The van der Waals surface area contributed by atoms with Crippen LogP contribution in [0.5, 0.6) is 0 Å². The number of hydrogen-bond donors (Lipinski definition) is 1. The maximum Gasteiger partial charge on any atom is 0.140 e. The van der Waals surface area contributed by atoms with Crippen LogP contribution in [0, 0.1) is 6.92 Å². The van der Waals surface area contributed by atoms with Crippen LogP contribution < -0.4 is 0 Å². The van der Waals surface area contributed by atoms with Gasteiger partial charge in [-0.25, -0.2) is 0 Å². The van der Waals surface area contributed by atoms with Gasteiger partial charge >= 0.3 is 0 Å². The highest BCUT2D eigenvalue weighted by molar-refractivity contribution is 5.81. The van der Waals surface area contributed by atoms with Crippen molar-refractivity contribution < 1.29 is 4.79 Å². The summed E-state index contributed by atoms with van der Waals surface area (Å²) in [7, 11) is 0. The van der Waals surface area contributed by atoms with E-state index in [4.69, 9.17) is 0 Å². The van der Waals surface area contributed by atoms with E-state index < -0.39 is 0 Å². The molecule has 0 spiro atoms. The first-order valence-electron chi connectivity index (χ1n) is 3.51. The first-order chi connectivity index (χ1) is 5.11. The summed E-state index contributed by atoms with van der Waals surface area (Å²) in [5.41, 5.74) is 0. The molecule has 1 heterocycles. The van der Waals surface area contributed by atoms with Crippen molar-refractivity contribution in [3.8, 4) is 0 Å². The van der Waals surface area contributed by atoms with Gasteiger partial charge in [0.25, 0.3) is 0 Å². The minimum atomic E-state index is -0.170. The van der Waals surface area contributed by atoms with Gasteiger partial charge in [-0.3, -0.25) is 4.79 Å². The third kappa shape index (κ3) is 1.63. The molecular weight excluding hydrogens is 142 g/mol. The molecule has 0 fully saturated rings. The third-order valence-electron chi connectivity index (χ3n) is 1.64. The summed E-state index contributed by atoms with van der Waals surface area (Å²) in [6.07, 6.45) is 0. The maximum absolute atomic E-state index is 10.9. The van der Waals surface area contributed by atoms with Crippen molar-refractivity contribution in [2.45, 2.75) is 26.7 Å². The molecule has 0 saturated heterocycles. The Balaban J connectivity index is 2.84. The Morgan fingerprint density at radius 3 is 2.55 bits per heavy atom. The number of aryl methyl sites for hydroxylation is 1. The number of aromatic nitrogens is 3. The third-order valence-corrected chi connectivity index (χ3v) is 1.64. The van der Waals surface area contributed by atoms with E-state index in [2.05, 4.69) is 15.2 Å². The lowest BCUT2D eigenvalue weighted by atomic mass is 10.1. The highest BCUT2D eigenvalue weighted by Crippen LogP contribution is 2.09. The lowest BCUT2D eigenvalue weighted by Crippen LogP contribution is -2.05. The molecule has 0 aromatic carbocycles. The summed E-state index contributed by atoms with van der Waals surface area (Å²) in [4.78, 5) is 13.8. The molecule has 0 bridgehead atoms. The molecule has 4 nitrogen and oxygen atoms in total. The molecule has 4 heteroatoms. The zero-order chi connectivity index (χ0) is 8.43. The monoisotopic (exact) mass is 153 g/mol. The van der Waals surface area contributed by atoms with Crippen molar-refractivity contribution >= 4 is 5.78 Å². The first-order valence-corrected chi connectivity index (χ1v) is 3.51. The van der Waals surface area contributed by atoms with Gasteiger partial charge < -0.3 is 4.98 Å². The van der Waals surface area contributed by atoms with Crippen LogP contribution in [0.1, 0.15) is 31.4 Å². The van der Waals surface area contributed by atoms with Crippen LogP contribution in [0.15, 0.2) is 0 Å². The highest BCUT2D eigenvalue weighted by Gasteiger charge is 2.13. The lowest BCUT2D eigenvalue weighted by Gasteiger charge is -1.99. The van der Waals surface area contributed by atoms with E-state index in [9.17, 15) is 4.79 Å². The predicted molar refractivity (Wildman–Crippen MR) is 40.2 cm³/mol. The van der Waals surface area contributed by atoms with Crippen LogP contribution in [0.2, 0.25) is 0 Å². The van der Waals surface area contributed by atoms with Gasteiger partial charge in [-0.15, -0.1) is 10.2 Å². The number of hydrogen-bond acceptors (Lipinski definition) is 3. The minimum absolute atomic E-state index is 0.0983. The lowest BCUT2D eigenvalue weighted by molar-refractivity contribution is -0.118. The fourth-order valence-corrected chi connectivity index (χ4v) is 0.752. The molecule has 0 aliphatic heterocycles. The molecule has 1 rings (SSSR count). The molecule has 0 radical (unpaired) electrons. The van der Waals surface area contributed by atoms with Crippen molar-refractivity contribution in [2.24, 2.45) is 0 Å². The van der Waals surface area contributed by atoms with Gasteiger partial charge in [0.2, 0.25) is 0 Å². The Morgan fingerprint density at radius 1 is 1.55 bits per heavy atom. The van der Waals surface area contributed by atoms with Crippen molar-refractivity contribution in [2.75, 3.05) is 0 Å². The molecule has 0 aliphatic carbocycles. The maximum atomic E-state index is 10.9. The quantitative estimate of drug-likeness (QED) is 0.683. The Kier molecular flexibility index (Phi) is 2.03. The molecule has 0 saturated carbocycles. The molecule has 0 aliphatic rings. The smallest absolute Gasteiger partial charge is 0.140 e. The SMILES string of the molecule is CC(=O)C(C)c1nnc(C)[nH]1. The molecule has 1 atom stereocenters. The second-order valence-electron chi connectivity index (χ2n) is 2.63. The van der Waals surface area contributed by atoms with Crippen LogP contribution >= 0.6 is 0 Å². The molecule has 11 heavy (non-hydrogen) atoms. The molecule has 1 unspecified atom stereocenters. The topological polar surface area (TPSA) is 58.6 Å². The van der Waals surface area contributed by atoms with Crippen LogP contribution in [0.25, 0.3) is 0 Å². The molecule has 1 N–H and O–H groups in total. The number of carbonyl (C=O) groups excluding carboxylic acids is 1. The summed E-state index contributed by atoms with van der Waals surface area (Å²) in [5.74, 6) is 1.32. The summed E-state index contributed by atoms with van der Waals surface area (Å²) in [6.45, 7) is 5.16. The second-order valence-corrected chi connectivity index (χ2v) is 2.63. The van der Waals surface area contributed by atoms with Gasteiger partial charge in [-0.2, -0.15) is 0 Å². The van der Waals surface area contributed by atoms with Gasteiger partial charge in [-0.05, 0) is 20.8 Å². The van der Waals surface area contributed by atoms with Crippen molar-refractivity contribution in [3.63, 3.8) is 0 Å². The number of nitrogens with one attached hydrogen (secondary N) is 1. The number of aromatic amines is 1. The van der Waals surface area contributed by atoms with Crippen LogP contribution in [0.3, 0.4) is 0 Å². The van der Waals surface area contributed by atoms with Crippen molar-refractivity contribution in [1.82, 2.24) is 15.2 Å². The number of carbonyl (C=O) groups is 1. The van der Waals surface area contributed by atoms with E-state index in [1.165, 1.54) is 0 Å². The van der Waals surface area contributed by atoms with Gasteiger partial charge in [0.05, 0.1) is 5.92 Å². The first kappa shape index (κ1) is 7.91. The standard InChI is InChI=1S/C7H11N3O/c1-4(5(2)11)7-8-6(3)9-10-7/h4H,1-3H3,(H,8,9,10). The second kappa shape index (κ2) is 2.82. The average molecular weight is 153 g/mol. The fraction of sp³-hybridized carbons (Fsp3) is 0.571. The number of rotatable bonds is 2. The Labute approximate surface area is 65.0 Å². The normalized spacial score (nSPS) is 13.0. The molecule has 1 aromatic heterocycles. The molecule has 0 amide bonds. The van der Waals surface area contributed by atoms with Crippen molar-refractivity contribution in [3.05, 3.63) is 11.6 Å². The number of Topliss-reactive ketones (excluding diaryl/α,β-unsaturated/α-hetero) is 1.